The summed E-state index contributed by atoms with van der Waals surface area (Å²) in [4.78, 5) is 24.7. The quantitative estimate of drug-likeness (QED) is 0.0798. The summed E-state index contributed by atoms with van der Waals surface area (Å²) in [7, 11) is -2.79. The largest absolute Gasteiger partial charge is 0.469 e. The third-order valence-electron chi connectivity index (χ3n) is 8.57. The first-order valence-corrected chi connectivity index (χ1v) is 17.7. The number of hydrogen-bond acceptors (Lipinski definition) is 7. The van der Waals surface area contributed by atoms with E-state index in [4.69, 9.17) is 14.2 Å². The molecule has 5 rings (SSSR count). The summed E-state index contributed by atoms with van der Waals surface area (Å²) >= 11 is 0. The fourth-order valence-corrected chi connectivity index (χ4v) is 7.25. The number of hydrogen-bond donors (Lipinski definition) is 1. The van der Waals surface area contributed by atoms with Gasteiger partial charge in [0.2, 0.25) is 10.0 Å². The van der Waals surface area contributed by atoms with Gasteiger partial charge in [-0.3, -0.25) is 4.79 Å². The van der Waals surface area contributed by atoms with Crippen molar-refractivity contribution in [2.45, 2.75) is 61.9 Å². The minimum absolute atomic E-state index is 0.109. The number of benzene rings is 4. The van der Waals surface area contributed by atoms with Crippen LogP contribution in [0.3, 0.4) is 0 Å². The van der Waals surface area contributed by atoms with Crippen LogP contribution in [-0.4, -0.2) is 45.7 Å². The highest BCUT2D eigenvalue weighted by atomic mass is 32.2. The monoisotopic (exact) mass is 685 g/mol. The van der Waals surface area contributed by atoms with Gasteiger partial charge >= 0.3 is 11.9 Å². The SMILES string of the molecule is COC(=O)CCCC=CC[C@@H]1[C@@H](NS(=O)(=O)c2ccc(F)cc2)[C@H](OC(=O)c2ccccc2)C[C@@H]1OCc1ccc(-c2ccccc2)cc1. The second-order valence-corrected chi connectivity index (χ2v) is 13.6. The summed E-state index contributed by atoms with van der Waals surface area (Å²) in [6.45, 7) is 0.260. The summed E-state index contributed by atoms with van der Waals surface area (Å²) in [6.07, 6.45) is 4.71. The van der Waals surface area contributed by atoms with Crippen LogP contribution in [0.5, 0.6) is 0 Å². The Morgan fingerprint density at radius 2 is 1.49 bits per heavy atom. The number of sulfonamides is 1. The highest BCUT2D eigenvalue weighted by molar-refractivity contribution is 7.89. The van der Waals surface area contributed by atoms with Gasteiger partial charge in [-0.05, 0) is 72.4 Å². The van der Waals surface area contributed by atoms with Crippen molar-refractivity contribution in [3.8, 4) is 11.1 Å². The standard InChI is InChI=1S/C39H40FNO7S/c1-46-37(42)17-11-3-2-10-16-34-35(47-27-28-18-20-30(21-19-28)29-12-6-4-7-13-29)26-36(48-39(43)31-14-8-5-9-15-31)38(34)41-49(44,45)33-24-22-32(40)23-25-33/h2,4-10,12-15,18-25,34-36,38,41H,3,11,16-17,26-27H2,1H3/t34-,35-,36+,38+/m0/s1. The number of ether oxygens (including phenoxy) is 3. The number of rotatable bonds is 15. The molecule has 4 atom stereocenters. The zero-order valence-electron chi connectivity index (χ0n) is 27.2. The van der Waals surface area contributed by atoms with Gasteiger partial charge in [0, 0.05) is 18.8 Å². The lowest BCUT2D eigenvalue weighted by Gasteiger charge is -2.27. The minimum Gasteiger partial charge on any atom is -0.469 e. The van der Waals surface area contributed by atoms with Crippen molar-refractivity contribution in [2.75, 3.05) is 7.11 Å². The molecule has 0 bridgehead atoms. The maximum Gasteiger partial charge on any atom is 0.338 e. The van der Waals surface area contributed by atoms with Gasteiger partial charge in [0.1, 0.15) is 11.9 Å². The lowest BCUT2D eigenvalue weighted by molar-refractivity contribution is -0.140. The molecule has 4 aromatic carbocycles. The van der Waals surface area contributed by atoms with Crippen molar-refractivity contribution in [3.63, 3.8) is 0 Å². The van der Waals surface area contributed by atoms with E-state index in [2.05, 4.69) is 4.72 Å². The number of unbranched alkanes of at least 4 members (excludes halogenated alkanes) is 1. The van der Waals surface area contributed by atoms with E-state index in [0.717, 1.165) is 28.8 Å². The second-order valence-electron chi connectivity index (χ2n) is 11.9. The lowest BCUT2D eigenvalue weighted by atomic mass is 9.97. The molecule has 0 heterocycles. The average Bonchev–Trinajstić information content (AvgIpc) is 3.43. The molecule has 0 unspecified atom stereocenters. The Morgan fingerprint density at radius 1 is 0.837 bits per heavy atom. The molecule has 0 amide bonds. The zero-order chi connectivity index (χ0) is 34.6. The number of halogens is 1. The van der Waals surface area contributed by atoms with Crippen LogP contribution in [-0.2, 0) is 35.6 Å². The fraction of sp³-hybridized carbons (Fsp3) is 0.282. The van der Waals surface area contributed by atoms with Gasteiger partial charge in [-0.1, -0.05) is 84.9 Å². The highest BCUT2D eigenvalue weighted by Gasteiger charge is 2.47. The molecule has 256 valence electrons. The van der Waals surface area contributed by atoms with Crippen molar-refractivity contribution in [3.05, 3.63) is 138 Å². The zero-order valence-corrected chi connectivity index (χ0v) is 28.1. The van der Waals surface area contributed by atoms with E-state index in [9.17, 15) is 22.4 Å². The molecule has 1 saturated carbocycles. The summed E-state index contributed by atoms with van der Waals surface area (Å²) < 4.78 is 60.9. The number of carbonyl (C=O) groups is 2. The van der Waals surface area contributed by atoms with Gasteiger partial charge in [0.15, 0.2) is 0 Å². The number of allylic oxidation sites excluding steroid dienone is 2. The molecular weight excluding hydrogens is 645 g/mol. The van der Waals surface area contributed by atoms with E-state index >= 15 is 0 Å². The van der Waals surface area contributed by atoms with Crippen molar-refractivity contribution >= 4 is 22.0 Å². The van der Waals surface area contributed by atoms with E-state index in [1.165, 1.54) is 19.2 Å². The van der Waals surface area contributed by atoms with Crippen LogP contribution in [0.25, 0.3) is 11.1 Å². The van der Waals surface area contributed by atoms with Gasteiger partial charge in [0.25, 0.3) is 0 Å². The van der Waals surface area contributed by atoms with E-state index in [-0.39, 0.29) is 30.3 Å². The van der Waals surface area contributed by atoms with Crippen LogP contribution in [0, 0.1) is 11.7 Å². The van der Waals surface area contributed by atoms with Crippen LogP contribution in [0.15, 0.2) is 126 Å². The van der Waals surface area contributed by atoms with Crippen molar-refractivity contribution in [2.24, 2.45) is 5.92 Å². The molecule has 1 aliphatic carbocycles. The second kappa shape index (κ2) is 17.1. The lowest BCUT2D eigenvalue weighted by Crippen LogP contribution is -2.46. The number of methoxy groups -OCH3 is 1. The molecule has 49 heavy (non-hydrogen) atoms. The number of carbonyl (C=O) groups excluding carboxylic acids is 2. The first kappa shape index (κ1) is 35.7. The molecule has 0 aromatic heterocycles. The predicted molar refractivity (Wildman–Crippen MR) is 184 cm³/mol. The molecule has 8 nitrogen and oxygen atoms in total. The Balaban J connectivity index is 1.39. The average molecular weight is 686 g/mol. The molecule has 4 aromatic rings. The van der Waals surface area contributed by atoms with Gasteiger partial charge in [-0.15, -0.1) is 0 Å². The van der Waals surface area contributed by atoms with E-state index in [0.29, 0.717) is 24.8 Å². The Hall–Kier alpha value is -4.64. The molecule has 1 aliphatic rings. The minimum atomic E-state index is -4.14. The van der Waals surface area contributed by atoms with Gasteiger partial charge < -0.3 is 14.2 Å². The summed E-state index contributed by atoms with van der Waals surface area (Å²) in [5.74, 6) is -1.85. The first-order chi connectivity index (χ1) is 23.7. The Labute approximate surface area is 287 Å². The van der Waals surface area contributed by atoms with Crippen molar-refractivity contribution in [1.82, 2.24) is 4.72 Å². The molecule has 10 heteroatoms. The summed E-state index contributed by atoms with van der Waals surface area (Å²) in [6, 6.07) is 30.3. The smallest absolute Gasteiger partial charge is 0.338 e. The van der Waals surface area contributed by atoms with Crippen molar-refractivity contribution < 1.29 is 36.6 Å². The molecule has 0 aliphatic heterocycles. The van der Waals surface area contributed by atoms with E-state index in [1.807, 2.05) is 66.7 Å². The number of nitrogens with one attached hydrogen (secondary N) is 1. The number of esters is 2. The van der Waals surface area contributed by atoms with Gasteiger partial charge in [-0.2, -0.15) is 0 Å². The Kier molecular flexibility index (Phi) is 12.5. The Bertz CT molecular complexity index is 1800. The normalized spacial score (nSPS) is 19.1. The predicted octanol–water partition coefficient (Wildman–Crippen LogP) is 7.26. The molecule has 1 N–H and O–H groups in total. The first-order valence-electron chi connectivity index (χ1n) is 16.2. The molecule has 0 spiro atoms. The topological polar surface area (TPSA) is 108 Å². The molecule has 0 radical (unpaired) electrons. The molecular formula is C39H40FNO7S. The van der Waals surface area contributed by atoms with Crippen LogP contribution >= 0.6 is 0 Å². The summed E-state index contributed by atoms with van der Waals surface area (Å²) in [5.41, 5.74) is 3.45. The van der Waals surface area contributed by atoms with E-state index in [1.54, 1.807) is 30.3 Å². The van der Waals surface area contributed by atoms with Crippen LogP contribution < -0.4 is 4.72 Å². The van der Waals surface area contributed by atoms with Crippen LogP contribution in [0.4, 0.5) is 4.39 Å². The summed E-state index contributed by atoms with van der Waals surface area (Å²) in [5, 5.41) is 0. The Morgan fingerprint density at radius 3 is 2.16 bits per heavy atom. The maximum atomic E-state index is 13.7. The third-order valence-corrected chi connectivity index (χ3v) is 10.0. The van der Waals surface area contributed by atoms with Gasteiger partial charge in [-0.25, -0.2) is 22.3 Å². The van der Waals surface area contributed by atoms with Gasteiger partial charge in [0.05, 0.1) is 36.3 Å². The fourth-order valence-electron chi connectivity index (χ4n) is 5.94. The maximum absolute atomic E-state index is 13.7. The third kappa shape index (κ3) is 9.95. The highest BCUT2D eigenvalue weighted by Crippen LogP contribution is 2.36. The molecule has 0 saturated heterocycles. The van der Waals surface area contributed by atoms with E-state index < -0.39 is 46.0 Å². The van der Waals surface area contributed by atoms with Crippen molar-refractivity contribution in [1.29, 1.82) is 0 Å². The molecule has 1 fully saturated rings. The van der Waals surface area contributed by atoms with Crippen LogP contribution in [0.1, 0.15) is 48.0 Å². The van der Waals surface area contributed by atoms with Crippen LogP contribution in [0.2, 0.25) is 0 Å².